The number of nitrogens with one attached hydrogen (secondary N) is 1. The molecule has 0 radical (unpaired) electrons. The van der Waals surface area contributed by atoms with Gasteiger partial charge in [-0.15, -0.1) is 0 Å². The molecule has 4 nitrogen and oxygen atoms in total. The van der Waals surface area contributed by atoms with Crippen LogP contribution >= 0.6 is 0 Å². The molecule has 0 fully saturated rings. The lowest BCUT2D eigenvalue weighted by molar-refractivity contribution is -0.133. The minimum atomic E-state index is -1.07. The maximum atomic E-state index is 11.7. The van der Waals surface area contributed by atoms with E-state index in [0.717, 1.165) is 11.1 Å². The number of carboxylic acid groups (broad SMARTS) is 1. The molecule has 4 heteroatoms. The van der Waals surface area contributed by atoms with Gasteiger partial charge in [-0.1, -0.05) is 29.8 Å². The van der Waals surface area contributed by atoms with Gasteiger partial charge >= 0.3 is 5.97 Å². The van der Waals surface area contributed by atoms with Crippen LogP contribution in [0.15, 0.2) is 35.4 Å². The largest absolute Gasteiger partial charge is 0.478 e. The Hall–Kier alpha value is -2.10. The molecule has 0 spiro atoms. The molecule has 0 atom stereocenters. The van der Waals surface area contributed by atoms with Crippen molar-refractivity contribution >= 4 is 11.9 Å². The molecule has 0 aliphatic carbocycles. The third-order valence-electron chi connectivity index (χ3n) is 2.80. The summed E-state index contributed by atoms with van der Waals surface area (Å²) in [6.45, 7) is 5.31. The van der Waals surface area contributed by atoms with E-state index >= 15 is 0 Å². The van der Waals surface area contributed by atoms with E-state index in [1.807, 2.05) is 31.2 Å². The van der Waals surface area contributed by atoms with E-state index in [2.05, 4.69) is 5.32 Å². The Morgan fingerprint density at radius 1 is 1.11 bits per heavy atom. The highest BCUT2D eigenvalue weighted by Gasteiger charge is 2.11. The molecule has 0 unspecified atom stereocenters. The van der Waals surface area contributed by atoms with Crippen LogP contribution in [0.4, 0.5) is 0 Å². The lowest BCUT2D eigenvalue weighted by atomic mass is 10.1. The second-order valence-corrected chi connectivity index (χ2v) is 4.22. The molecule has 96 valence electrons. The summed E-state index contributed by atoms with van der Waals surface area (Å²) in [7, 11) is 0. The first-order chi connectivity index (χ1) is 8.41. The highest BCUT2D eigenvalue weighted by atomic mass is 16.4. The summed E-state index contributed by atoms with van der Waals surface area (Å²) in [5, 5.41) is 11.5. The highest BCUT2D eigenvalue weighted by Crippen LogP contribution is 2.06. The van der Waals surface area contributed by atoms with Crippen molar-refractivity contribution in [2.24, 2.45) is 0 Å². The topological polar surface area (TPSA) is 66.4 Å². The van der Waals surface area contributed by atoms with Crippen LogP contribution in [0.5, 0.6) is 0 Å². The maximum absolute atomic E-state index is 11.7. The van der Waals surface area contributed by atoms with Gasteiger partial charge in [0.2, 0.25) is 5.91 Å². The SMILES string of the molecule is C/C(C(=O)O)=C(\C)C(=O)NCc1ccc(C)cc1. The lowest BCUT2D eigenvalue weighted by Crippen LogP contribution is -2.25. The fourth-order valence-corrected chi connectivity index (χ4v) is 1.35. The average molecular weight is 247 g/mol. The van der Waals surface area contributed by atoms with Gasteiger partial charge in [0.1, 0.15) is 0 Å². The quantitative estimate of drug-likeness (QED) is 0.800. The minimum absolute atomic E-state index is 0.0661. The van der Waals surface area contributed by atoms with Crippen LogP contribution in [0.1, 0.15) is 25.0 Å². The van der Waals surface area contributed by atoms with Crippen molar-refractivity contribution in [3.8, 4) is 0 Å². The van der Waals surface area contributed by atoms with Crippen LogP contribution in [0, 0.1) is 6.92 Å². The second kappa shape index (κ2) is 6.00. The molecule has 0 aliphatic heterocycles. The standard InChI is InChI=1S/C14H17NO3/c1-9-4-6-12(7-5-9)8-15-13(16)10(2)11(3)14(17)18/h4-7H,8H2,1-3H3,(H,15,16)(H,17,18)/b11-10-. The summed E-state index contributed by atoms with van der Waals surface area (Å²) < 4.78 is 0. The van der Waals surface area contributed by atoms with E-state index in [1.165, 1.54) is 13.8 Å². The first kappa shape index (κ1) is 14.0. The number of aryl methyl sites for hydroxylation is 1. The summed E-state index contributed by atoms with van der Waals surface area (Å²) in [6, 6.07) is 7.79. The van der Waals surface area contributed by atoms with E-state index in [4.69, 9.17) is 5.11 Å². The smallest absolute Gasteiger partial charge is 0.331 e. The van der Waals surface area contributed by atoms with E-state index in [-0.39, 0.29) is 17.1 Å². The zero-order valence-corrected chi connectivity index (χ0v) is 10.8. The van der Waals surface area contributed by atoms with Crippen LogP contribution < -0.4 is 5.32 Å². The number of rotatable bonds is 4. The molecule has 0 heterocycles. The van der Waals surface area contributed by atoms with Gasteiger partial charge in [-0.25, -0.2) is 4.79 Å². The number of hydrogen-bond donors (Lipinski definition) is 2. The first-order valence-corrected chi connectivity index (χ1v) is 5.66. The molecule has 1 aromatic rings. The molecule has 0 saturated heterocycles. The third kappa shape index (κ3) is 3.73. The summed E-state index contributed by atoms with van der Waals surface area (Å²) >= 11 is 0. The van der Waals surface area contributed by atoms with Crippen molar-refractivity contribution < 1.29 is 14.7 Å². The monoisotopic (exact) mass is 247 g/mol. The number of benzene rings is 1. The number of carboxylic acids is 1. The number of aliphatic carboxylic acids is 1. The van der Waals surface area contributed by atoms with Crippen molar-refractivity contribution in [1.82, 2.24) is 5.32 Å². The number of amides is 1. The molecule has 1 rings (SSSR count). The molecule has 1 amide bonds. The Balaban J connectivity index is 2.64. The molecule has 1 aromatic carbocycles. The van der Waals surface area contributed by atoms with Gasteiger partial charge in [0.05, 0.1) is 0 Å². The normalized spacial score (nSPS) is 11.7. The molecular weight excluding hydrogens is 230 g/mol. The van der Waals surface area contributed by atoms with Crippen molar-refractivity contribution in [3.05, 3.63) is 46.5 Å². The van der Waals surface area contributed by atoms with Crippen LogP contribution in [0.25, 0.3) is 0 Å². The third-order valence-corrected chi connectivity index (χ3v) is 2.80. The van der Waals surface area contributed by atoms with Gasteiger partial charge < -0.3 is 10.4 Å². The number of carbonyl (C=O) groups is 2. The molecule has 0 bridgehead atoms. The van der Waals surface area contributed by atoms with Gasteiger partial charge in [-0.3, -0.25) is 4.79 Å². The average Bonchev–Trinajstić information content (AvgIpc) is 2.35. The molecule has 0 aromatic heterocycles. The Morgan fingerprint density at radius 2 is 1.67 bits per heavy atom. The predicted octanol–water partition coefficient (Wildman–Crippen LogP) is 2.03. The van der Waals surface area contributed by atoms with Crippen LogP contribution in [0.2, 0.25) is 0 Å². The Bertz CT molecular complexity index is 486. The van der Waals surface area contributed by atoms with Crippen molar-refractivity contribution in [2.75, 3.05) is 0 Å². The minimum Gasteiger partial charge on any atom is -0.478 e. The van der Waals surface area contributed by atoms with Gasteiger partial charge in [0.25, 0.3) is 0 Å². The van der Waals surface area contributed by atoms with Crippen molar-refractivity contribution in [2.45, 2.75) is 27.3 Å². The molecule has 2 N–H and O–H groups in total. The lowest BCUT2D eigenvalue weighted by Gasteiger charge is -2.07. The Morgan fingerprint density at radius 3 is 2.17 bits per heavy atom. The number of carbonyl (C=O) groups excluding carboxylic acids is 1. The van der Waals surface area contributed by atoms with Crippen molar-refractivity contribution in [3.63, 3.8) is 0 Å². The second-order valence-electron chi connectivity index (χ2n) is 4.22. The van der Waals surface area contributed by atoms with Gasteiger partial charge in [-0.05, 0) is 26.3 Å². The van der Waals surface area contributed by atoms with Gasteiger partial charge in [0, 0.05) is 17.7 Å². The Labute approximate surface area is 106 Å². The number of hydrogen-bond acceptors (Lipinski definition) is 2. The summed E-state index contributed by atoms with van der Waals surface area (Å²) in [5.74, 6) is -1.42. The maximum Gasteiger partial charge on any atom is 0.331 e. The Kier molecular flexibility index (Phi) is 4.66. The zero-order chi connectivity index (χ0) is 13.7. The van der Waals surface area contributed by atoms with Crippen molar-refractivity contribution in [1.29, 1.82) is 0 Å². The molecule has 18 heavy (non-hydrogen) atoms. The van der Waals surface area contributed by atoms with E-state index in [0.29, 0.717) is 6.54 Å². The fourth-order valence-electron chi connectivity index (χ4n) is 1.35. The fraction of sp³-hybridized carbons (Fsp3) is 0.286. The predicted molar refractivity (Wildman–Crippen MR) is 69.0 cm³/mol. The summed E-state index contributed by atoms with van der Waals surface area (Å²) in [5.41, 5.74) is 2.43. The summed E-state index contributed by atoms with van der Waals surface area (Å²) in [6.07, 6.45) is 0. The molecule has 0 saturated carbocycles. The zero-order valence-electron chi connectivity index (χ0n) is 10.8. The van der Waals surface area contributed by atoms with Crippen LogP contribution in [0.3, 0.4) is 0 Å². The van der Waals surface area contributed by atoms with Crippen LogP contribution in [-0.2, 0) is 16.1 Å². The van der Waals surface area contributed by atoms with E-state index in [1.54, 1.807) is 0 Å². The van der Waals surface area contributed by atoms with Gasteiger partial charge in [0.15, 0.2) is 0 Å². The van der Waals surface area contributed by atoms with Gasteiger partial charge in [-0.2, -0.15) is 0 Å². The molecule has 0 aliphatic rings. The summed E-state index contributed by atoms with van der Waals surface area (Å²) in [4.78, 5) is 22.4. The molecular formula is C14H17NO3. The van der Waals surface area contributed by atoms with E-state index < -0.39 is 5.97 Å². The van der Waals surface area contributed by atoms with Crippen LogP contribution in [-0.4, -0.2) is 17.0 Å². The van der Waals surface area contributed by atoms with E-state index in [9.17, 15) is 9.59 Å². The highest BCUT2D eigenvalue weighted by molar-refractivity contribution is 6.01. The first-order valence-electron chi connectivity index (χ1n) is 5.66.